The summed E-state index contributed by atoms with van der Waals surface area (Å²) >= 11 is 0. The van der Waals surface area contributed by atoms with Gasteiger partial charge in [-0.05, 0) is 39.0 Å². The highest BCUT2D eigenvalue weighted by atomic mass is 16.3. The zero-order valence-electron chi connectivity index (χ0n) is 32.3. The van der Waals surface area contributed by atoms with Crippen LogP contribution in [0.15, 0.2) is 36.5 Å². The molecule has 0 aromatic carbocycles. The average molecular weight is 674 g/mol. The van der Waals surface area contributed by atoms with Gasteiger partial charge >= 0.3 is 0 Å². The second kappa shape index (κ2) is 40.0. The summed E-state index contributed by atoms with van der Waals surface area (Å²) in [4.78, 5) is 12.3. The molecule has 0 heterocycles. The summed E-state index contributed by atoms with van der Waals surface area (Å²) in [6.07, 6.45) is 52.9. The van der Waals surface area contributed by atoms with Crippen molar-refractivity contribution in [3.63, 3.8) is 0 Å². The average Bonchev–Trinajstić information content (AvgIpc) is 3.09. The number of carbonyl (C=O) groups is 1. The summed E-state index contributed by atoms with van der Waals surface area (Å²) in [6, 6.07) is -0.640. The van der Waals surface area contributed by atoms with E-state index in [-0.39, 0.29) is 12.5 Å². The molecule has 2 unspecified atom stereocenters. The zero-order valence-corrected chi connectivity index (χ0v) is 32.3. The second-order valence-corrected chi connectivity index (χ2v) is 14.4. The van der Waals surface area contributed by atoms with Crippen LogP contribution >= 0.6 is 0 Å². The van der Waals surface area contributed by atoms with E-state index in [0.717, 1.165) is 38.5 Å². The third-order valence-corrected chi connectivity index (χ3v) is 9.70. The van der Waals surface area contributed by atoms with Crippen molar-refractivity contribution in [1.82, 2.24) is 5.32 Å². The third kappa shape index (κ3) is 35.9. The normalized spacial score (nSPS) is 13.3. The number of aliphatic hydroxyl groups excluding tert-OH is 2. The number of unbranched alkanes of at least 4 members (excludes halogenated alkanes) is 28. The Labute approximate surface area is 300 Å². The lowest BCUT2D eigenvalue weighted by atomic mass is 10.0. The minimum Gasteiger partial charge on any atom is -0.394 e. The van der Waals surface area contributed by atoms with Crippen LogP contribution in [0.25, 0.3) is 0 Å². The van der Waals surface area contributed by atoms with Crippen molar-refractivity contribution >= 4 is 5.91 Å². The van der Waals surface area contributed by atoms with E-state index in [2.05, 4.69) is 36.5 Å². The van der Waals surface area contributed by atoms with Crippen molar-refractivity contribution in [2.45, 2.75) is 231 Å². The molecule has 3 N–H and O–H groups in total. The highest BCUT2D eigenvalue weighted by molar-refractivity contribution is 5.76. The number of amides is 1. The fourth-order valence-electron chi connectivity index (χ4n) is 6.45. The second-order valence-electron chi connectivity index (χ2n) is 14.4. The summed E-state index contributed by atoms with van der Waals surface area (Å²) in [7, 11) is 0. The van der Waals surface area contributed by atoms with Crippen molar-refractivity contribution in [2.24, 2.45) is 0 Å². The van der Waals surface area contributed by atoms with Crippen LogP contribution in [-0.4, -0.2) is 34.9 Å². The monoisotopic (exact) mass is 674 g/mol. The maximum absolute atomic E-state index is 12.3. The number of allylic oxidation sites excluding steroid dienone is 5. The van der Waals surface area contributed by atoms with Crippen LogP contribution in [0.5, 0.6) is 0 Å². The Morgan fingerprint density at radius 1 is 0.521 bits per heavy atom. The predicted octanol–water partition coefficient (Wildman–Crippen LogP) is 13.0. The van der Waals surface area contributed by atoms with Crippen LogP contribution in [0.1, 0.15) is 219 Å². The molecule has 48 heavy (non-hydrogen) atoms. The summed E-state index contributed by atoms with van der Waals surface area (Å²) in [5, 5.41) is 22.8. The Kier molecular flexibility index (Phi) is 38.9. The van der Waals surface area contributed by atoms with Crippen molar-refractivity contribution in [1.29, 1.82) is 0 Å². The molecule has 0 aliphatic carbocycles. The Hall–Kier alpha value is -1.39. The smallest absolute Gasteiger partial charge is 0.220 e. The van der Waals surface area contributed by atoms with E-state index >= 15 is 0 Å². The van der Waals surface area contributed by atoms with Gasteiger partial charge in [0, 0.05) is 6.42 Å². The predicted molar refractivity (Wildman–Crippen MR) is 212 cm³/mol. The number of carbonyl (C=O) groups excluding carboxylic acids is 1. The van der Waals surface area contributed by atoms with Crippen LogP contribution in [0.4, 0.5) is 0 Å². The van der Waals surface area contributed by atoms with Crippen LogP contribution < -0.4 is 5.32 Å². The van der Waals surface area contributed by atoms with E-state index < -0.39 is 12.1 Å². The molecule has 4 heteroatoms. The van der Waals surface area contributed by atoms with Gasteiger partial charge in [0.25, 0.3) is 0 Å². The first-order valence-electron chi connectivity index (χ1n) is 21.2. The molecule has 4 nitrogen and oxygen atoms in total. The molecule has 0 spiro atoms. The van der Waals surface area contributed by atoms with Crippen molar-refractivity contribution in [2.75, 3.05) is 6.61 Å². The van der Waals surface area contributed by atoms with Gasteiger partial charge < -0.3 is 15.5 Å². The molecule has 0 rings (SSSR count). The number of rotatable bonds is 38. The van der Waals surface area contributed by atoms with Gasteiger partial charge in [-0.2, -0.15) is 0 Å². The Morgan fingerprint density at radius 3 is 1.21 bits per heavy atom. The number of nitrogens with one attached hydrogen (secondary N) is 1. The number of hydrogen-bond acceptors (Lipinski definition) is 3. The fraction of sp³-hybridized carbons (Fsp3) is 0.841. The SMILES string of the molecule is C/C=C/CC/C=C/CC/C=C/C(O)C(CO)NC(=O)CCCCCCCCCCCCCCCCCCCCCCCCCCCCC. The molecule has 0 saturated carbocycles. The van der Waals surface area contributed by atoms with E-state index in [1.54, 1.807) is 6.08 Å². The maximum atomic E-state index is 12.3. The third-order valence-electron chi connectivity index (χ3n) is 9.70. The standard InChI is InChI=1S/C44H83NO3/c1-3-5-7-9-11-13-14-15-16-17-18-19-20-21-22-23-24-25-26-27-28-29-30-32-34-36-38-40-44(48)45-42(41-46)43(47)39-37-35-33-31-12-10-8-6-4-2/h4,6,12,31,37,39,42-43,46-47H,3,5,7-11,13-30,32-36,38,40-41H2,1-2H3,(H,45,48)/b6-4+,31-12+,39-37+. The minimum absolute atomic E-state index is 0.0786. The Balaban J connectivity index is 3.43. The quantitative estimate of drug-likeness (QED) is 0.0451. The summed E-state index contributed by atoms with van der Waals surface area (Å²) < 4.78 is 0. The lowest BCUT2D eigenvalue weighted by molar-refractivity contribution is -0.123. The zero-order chi connectivity index (χ0) is 35.0. The number of aliphatic hydroxyl groups is 2. The first-order chi connectivity index (χ1) is 23.7. The Morgan fingerprint density at radius 2 is 0.854 bits per heavy atom. The van der Waals surface area contributed by atoms with E-state index in [1.165, 1.54) is 161 Å². The van der Waals surface area contributed by atoms with Crippen molar-refractivity contribution < 1.29 is 15.0 Å². The summed E-state index contributed by atoms with van der Waals surface area (Å²) in [5.41, 5.74) is 0. The first-order valence-corrected chi connectivity index (χ1v) is 21.2. The van der Waals surface area contributed by atoms with Gasteiger partial charge in [-0.3, -0.25) is 4.79 Å². The van der Waals surface area contributed by atoms with E-state index in [9.17, 15) is 15.0 Å². The molecule has 0 aliphatic rings. The van der Waals surface area contributed by atoms with Crippen LogP contribution in [0.3, 0.4) is 0 Å². The molecule has 0 radical (unpaired) electrons. The van der Waals surface area contributed by atoms with Crippen LogP contribution in [0.2, 0.25) is 0 Å². The molecule has 282 valence electrons. The highest BCUT2D eigenvalue weighted by Gasteiger charge is 2.17. The first kappa shape index (κ1) is 46.6. The molecule has 0 aliphatic heterocycles. The lowest BCUT2D eigenvalue weighted by Crippen LogP contribution is -2.45. The molecular formula is C44H83NO3. The highest BCUT2D eigenvalue weighted by Crippen LogP contribution is 2.16. The van der Waals surface area contributed by atoms with Gasteiger partial charge in [0.1, 0.15) is 0 Å². The van der Waals surface area contributed by atoms with Crippen molar-refractivity contribution in [3.8, 4) is 0 Å². The fourth-order valence-corrected chi connectivity index (χ4v) is 6.45. The molecule has 0 bridgehead atoms. The van der Waals surface area contributed by atoms with Crippen LogP contribution in [0, 0.1) is 0 Å². The van der Waals surface area contributed by atoms with E-state index in [0.29, 0.717) is 6.42 Å². The molecule has 1 amide bonds. The van der Waals surface area contributed by atoms with Gasteiger partial charge in [-0.1, -0.05) is 210 Å². The summed E-state index contributed by atoms with van der Waals surface area (Å²) in [5.74, 6) is -0.0786. The topological polar surface area (TPSA) is 69.6 Å². The van der Waals surface area contributed by atoms with Gasteiger partial charge in [-0.15, -0.1) is 0 Å². The molecule has 0 fully saturated rings. The van der Waals surface area contributed by atoms with Crippen molar-refractivity contribution in [3.05, 3.63) is 36.5 Å². The van der Waals surface area contributed by atoms with Gasteiger partial charge in [0.2, 0.25) is 5.91 Å². The largest absolute Gasteiger partial charge is 0.394 e. The van der Waals surface area contributed by atoms with Gasteiger partial charge in [-0.25, -0.2) is 0 Å². The van der Waals surface area contributed by atoms with E-state index in [4.69, 9.17) is 0 Å². The molecule has 0 saturated heterocycles. The molecular weight excluding hydrogens is 590 g/mol. The molecule has 0 aromatic heterocycles. The van der Waals surface area contributed by atoms with Gasteiger partial charge in [0.05, 0.1) is 18.8 Å². The lowest BCUT2D eigenvalue weighted by Gasteiger charge is -2.19. The maximum Gasteiger partial charge on any atom is 0.220 e. The molecule has 2 atom stereocenters. The van der Waals surface area contributed by atoms with Crippen LogP contribution in [-0.2, 0) is 4.79 Å². The van der Waals surface area contributed by atoms with E-state index in [1.807, 2.05) is 13.0 Å². The molecule has 0 aromatic rings. The van der Waals surface area contributed by atoms with Gasteiger partial charge in [0.15, 0.2) is 0 Å². The Bertz CT molecular complexity index is 731. The summed E-state index contributed by atoms with van der Waals surface area (Å²) in [6.45, 7) is 4.07. The minimum atomic E-state index is -0.864. The number of hydrogen-bond donors (Lipinski definition) is 3.